The highest BCUT2D eigenvalue weighted by Crippen LogP contribution is 2.24. The molecule has 7 nitrogen and oxygen atoms in total. The second-order valence-corrected chi connectivity index (χ2v) is 7.70. The van der Waals surface area contributed by atoms with E-state index < -0.39 is 10.0 Å². The van der Waals surface area contributed by atoms with E-state index in [0.717, 1.165) is 0 Å². The van der Waals surface area contributed by atoms with Gasteiger partial charge in [0, 0.05) is 17.5 Å². The van der Waals surface area contributed by atoms with Gasteiger partial charge in [-0.15, -0.1) is 0 Å². The van der Waals surface area contributed by atoms with Gasteiger partial charge in [0.2, 0.25) is 0 Å². The molecule has 0 amide bonds. The molecule has 3 aromatic rings. The second kappa shape index (κ2) is 8.66. The van der Waals surface area contributed by atoms with Gasteiger partial charge in [0.15, 0.2) is 0 Å². The van der Waals surface area contributed by atoms with Crippen LogP contribution in [-0.4, -0.2) is 34.0 Å². The fourth-order valence-electron chi connectivity index (χ4n) is 2.51. The molecule has 3 aromatic carbocycles. The molecular formula is C21H20N2O5S. The van der Waals surface area contributed by atoms with Crippen LogP contribution >= 0.6 is 0 Å². The molecule has 0 saturated carbocycles. The fraction of sp³-hybridized carbons (Fsp3) is 0.0952. The monoisotopic (exact) mass is 412 g/mol. The van der Waals surface area contributed by atoms with Gasteiger partial charge in [-0.05, 0) is 60.7 Å². The van der Waals surface area contributed by atoms with Crippen LogP contribution in [0.5, 0.6) is 17.2 Å². The number of anilines is 1. The third-order valence-electron chi connectivity index (χ3n) is 4.06. The van der Waals surface area contributed by atoms with Gasteiger partial charge >= 0.3 is 0 Å². The Labute approximate surface area is 169 Å². The summed E-state index contributed by atoms with van der Waals surface area (Å²) >= 11 is 0. The standard InChI is InChI=1S/C21H20N2O5S/c1-27-18-8-6-16(7-9-18)23-29(25,26)20-5-3-4-17(13-20)22-14-15-12-19(28-2)10-11-21(15)24/h3-14,23-24H,1-2H3. The van der Waals surface area contributed by atoms with E-state index in [-0.39, 0.29) is 10.6 Å². The smallest absolute Gasteiger partial charge is 0.261 e. The Morgan fingerprint density at radius 3 is 2.31 bits per heavy atom. The Balaban J connectivity index is 1.82. The molecule has 0 fully saturated rings. The zero-order chi connectivity index (χ0) is 20.9. The van der Waals surface area contributed by atoms with Gasteiger partial charge in [-0.25, -0.2) is 8.42 Å². The van der Waals surface area contributed by atoms with Crippen molar-refractivity contribution in [2.45, 2.75) is 4.90 Å². The lowest BCUT2D eigenvalue weighted by Gasteiger charge is -2.09. The Morgan fingerprint density at radius 1 is 0.931 bits per heavy atom. The van der Waals surface area contributed by atoms with Crippen molar-refractivity contribution in [2.24, 2.45) is 4.99 Å². The van der Waals surface area contributed by atoms with Crippen LogP contribution in [0.4, 0.5) is 11.4 Å². The number of hydrogen-bond donors (Lipinski definition) is 2. The first kappa shape index (κ1) is 20.2. The summed E-state index contributed by atoms with van der Waals surface area (Å²) in [5.74, 6) is 1.24. The van der Waals surface area contributed by atoms with E-state index in [1.54, 1.807) is 48.5 Å². The van der Waals surface area contributed by atoms with E-state index in [1.165, 1.54) is 38.6 Å². The zero-order valence-corrected chi connectivity index (χ0v) is 16.7. The molecule has 0 spiro atoms. The Kier molecular flexibility index (Phi) is 6.04. The van der Waals surface area contributed by atoms with Crippen molar-refractivity contribution in [1.29, 1.82) is 0 Å². The van der Waals surface area contributed by atoms with Gasteiger partial charge in [-0.2, -0.15) is 0 Å². The van der Waals surface area contributed by atoms with Crippen LogP contribution in [0.15, 0.2) is 76.6 Å². The van der Waals surface area contributed by atoms with E-state index in [0.29, 0.717) is 28.4 Å². The SMILES string of the molecule is COc1ccc(NS(=O)(=O)c2cccc(N=Cc3cc(OC)ccc3O)c2)cc1. The third kappa shape index (κ3) is 5.05. The highest BCUT2D eigenvalue weighted by molar-refractivity contribution is 7.92. The minimum absolute atomic E-state index is 0.0412. The van der Waals surface area contributed by atoms with Gasteiger partial charge in [0.05, 0.1) is 24.8 Å². The van der Waals surface area contributed by atoms with Crippen molar-refractivity contribution in [3.8, 4) is 17.2 Å². The number of phenolic OH excluding ortho intramolecular Hbond substituents is 1. The molecule has 3 rings (SSSR count). The first-order chi connectivity index (χ1) is 13.9. The van der Waals surface area contributed by atoms with Crippen LogP contribution in [0.1, 0.15) is 5.56 Å². The molecule has 0 aromatic heterocycles. The van der Waals surface area contributed by atoms with Crippen LogP contribution in [0.25, 0.3) is 0 Å². The van der Waals surface area contributed by atoms with Crippen molar-refractivity contribution < 1.29 is 23.0 Å². The quantitative estimate of drug-likeness (QED) is 0.573. The topological polar surface area (TPSA) is 97.2 Å². The largest absolute Gasteiger partial charge is 0.507 e. The minimum atomic E-state index is -3.79. The molecule has 0 aliphatic carbocycles. The summed E-state index contributed by atoms with van der Waals surface area (Å²) in [5.41, 5.74) is 1.29. The van der Waals surface area contributed by atoms with Crippen molar-refractivity contribution in [3.05, 3.63) is 72.3 Å². The summed E-state index contributed by atoms with van der Waals surface area (Å²) < 4.78 is 38.1. The molecule has 2 N–H and O–H groups in total. The highest BCUT2D eigenvalue weighted by atomic mass is 32.2. The fourth-order valence-corrected chi connectivity index (χ4v) is 3.61. The van der Waals surface area contributed by atoms with Crippen LogP contribution < -0.4 is 14.2 Å². The molecule has 150 valence electrons. The number of nitrogens with one attached hydrogen (secondary N) is 1. The lowest BCUT2D eigenvalue weighted by atomic mass is 10.2. The number of aromatic hydroxyl groups is 1. The van der Waals surface area contributed by atoms with Gasteiger partial charge in [-0.3, -0.25) is 9.71 Å². The molecule has 8 heteroatoms. The van der Waals surface area contributed by atoms with E-state index >= 15 is 0 Å². The first-order valence-corrected chi connectivity index (χ1v) is 10.1. The van der Waals surface area contributed by atoms with Gasteiger partial charge < -0.3 is 14.6 Å². The first-order valence-electron chi connectivity index (χ1n) is 8.59. The molecule has 29 heavy (non-hydrogen) atoms. The average Bonchev–Trinajstić information content (AvgIpc) is 2.73. The molecule has 0 bridgehead atoms. The van der Waals surface area contributed by atoms with Gasteiger partial charge in [0.1, 0.15) is 17.2 Å². The van der Waals surface area contributed by atoms with Crippen molar-refractivity contribution in [2.75, 3.05) is 18.9 Å². The number of hydrogen-bond acceptors (Lipinski definition) is 6. The maximum absolute atomic E-state index is 12.7. The van der Waals surface area contributed by atoms with Crippen LogP contribution in [0, 0.1) is 0 Å². The molecule has 0 heterocycles. The van der Waals surface area contributed by atoms with Crippen LogP contribution in [0.2, 0.25) is 0 Å². The maximum Gasteiger partial charge on any atom is 0.261 e. The maximum atomic E-state index is 12.7. The zero-order valence-electron chi connectivity index (χ0n) is 15.9. The van der Waals surface area contributed by atoms with E-state index in [4.69, 9.17) is 9.47 Å². The summed E-state index contributed by atoms with van der Waals surface area (Å²) in [5, 5.41) is 9.93. The Hall–Kier alpha value is -3.52. The Bertz CT molecular complexity index is 1130. The van der Waals surface area contributed by atoms with Gasteiger partial charge in [0.25, 0.3) is 10.0 Å². The molecule has 0 aliphatic rings. The number of aliphatic imine (C=N–C) groups is 1. The third-order valence-corrected chi connectivity index (χ3v) is 5.44. The predicted molar refractivity (Wildman–Crippen MR) is 112 cm³/mol. The number of sulfonamides is 1. The molecule has 0 saturated heterocycles. The normalized spacial score (nSPS) is 11.4. The van der Waals surface area contributed by atoms with E-state index in [2.05, 4.69) is 9.71 Å². The number of ether oxygens (including phenoxy) is 2. The van der Waals surface area contributed by atoms with Crippen LogP contribution in [-0.2, 0) is 10.0 Å². The molecule has 0 aliphatic heterocycles. The number of nitrogens with zero attached hydrogens (tertiary/aromatic N) is 1. The van der Waals surface area contributed by atoms with E-state index in [9.17, 15) is 13.5 Å². The number of phenols is 1. The van der Waals surface area contributed by atoms with Crippen LogP contribution in [0.3, 0.4) is 0 Å². The minimum Gasteiger partial charge on any atom is -0.507 e. The number of benzene rings is 3. The molecular weight excluding hydrogens is 392 g/mol. The Morgan fingerprint density at radius 2 is 1.62 bits per heavy atom. The summed E-state index contributed by atoms with van der Waals surface area (Å²) in [6, 6.07) is 17.5. The van der Waals surface area contributed by atoms with Gasteiger partial charge in [-0.1, -0.05) is 6.07 Å². The lowest BCUT2D eigenvalue weighted by molar-refractivity contribution is 0.412. The predicted octanol–water partition coefficient (Wildman–Crippen LogP) is 3.96. The average molecular weight is 412 g/mol. The number of rotatable bonds is 7. The highest BCUT2D eigenvalue weighted by Gasteiger charge is 2.14. The van der Waals surface area contributed by atoms with Crippen molar-refractivity contribution >= 4 is 27.6 Å². The molecule has 0 radical (unpaired) electrons. The summed E-state index contributed by atoms with van der Waals surface area (Å²) in [6.45, 7) is 0. The second-order valence-electron chi connectivity index (χ2n) is 6.01. The molecule has 0 unspecified atom stereocenters. The van der Waals surface area contributed by atoms with E-state index in [1.807, 2.05) is 0 Å². The summed E-state index contributed by atoms with van der Waals surface area (Å²) in [4.78, 5) is 4.33. The number of methoxy groups -OCH3 is 2. The summed E-state index contributed by atoms with van der Waals surface area (Å²) in [6.07, 6.45) is 1.44. The van der Waals surface area contributed by atoms with Crippen molar-refractivity contribution in [1.82, 2.24) is 0 Å². The summed E-state index contributed by atoms with van der Waals surface area (Å²) in [7, 11) is -0.728. The molecule has 0 atom stereocenters. The van der Waals surface area contributed by atoms with Crippen molar-refractivity contribution in [3.63, 3.8) is 0 Å². The lowest BCUT2D eigenvalue weighted by Crippen LogP contribution is -2.12.